The molecule has 0 aromatic rings. The molecule has 0 aliphatic rings. The quantitative estimate of drug-likeness (QED) is 0.185. The molecule has 0 saturated carbocycles. The lowest BCUT2D eigenvalue weighted by atomic mass is 10.2. The first kappa shape index (κ1) is 23.9. The van der Waals surface area contributed by atoms with Gasteiger partial charge in [0.1, 0.15) is 12.1 Å². The molecule has 25 heavy (non-hydrogen) atoms. The molecule has 6 N–H and O–H groups in total. The smallest absolute Gasteiger partial charge is 0.327 e. The summed E-state index contributed by atoms with van der Waals surface area (Å²) in [5, 5.41) is 16.1. The van der Waals surface area contributed by atoms with Crippen molar-refractivity contribution in [3.63, 3.8) is 0 Å². The van der Waals surface area contributed by atoms with Crippen LogP contribution in [0.2, 0.25) is 0 Å². The number of carbonyl (C=O) groups excluding carboxylic acids is 3. The predicted octanol–water partition coefficient (Wildman–Crippen LogP) is -1.90. The molecule has 0 heterocycles. The van der Waals surface area contributed by atoms with Crippen molar-refractivity contribution in [3.8, 4) is 0 Å². The second-order valence-corrected chi connectivity index (χ2v) is 6.71. The van der Waals surface area contributed by atoms with Gasteiger partial charge in [-0.1, -0.05) is 0 Å². The summed E-state index contributed by atoms with van der Waals surface area (Å²) < 4.78 is 0. The number of thiol groups is 2. The molecule has 0 aromatic heterocycles. The van der Waals surface area contributed by atoms with E-state index in [1.54, 1.807) is 0 Å². The molecule has 0 saturated heterocycles. The van der Waals surface area contributed by atoms with Crippen molar-refractivity contribution in [1.82, 2.24) is 16.0 Å². The lowest BCUT2D eigenvalue weighted by Gasteiger charge is -2.21. The van der Waals surface area contributed by atoms with E-state index >= 15 is 0 Å². The molecule has 9 nitrogen and oxygen atoms in total. The van der Waals surface area contributed by atoms with Gasteiger partial charge in [-0.2, -0.15) is 37.0 Å². The van der Waals surface area contributed by atoms with E-state index in [2.05, 4.69) is 41.2 Å². The van der Waals surface area contributed by atoms with Crippen LogP contribution >= 0.6 is 37.0 Å². The number of hydrogen-bond acceptors (Lipinski definition) is 8. The van der Waals surface area contributed by atoms with Gasteiger partial charge in [0.2, 0.25) is 17.7 Å². The van der Waals surface area contributed by atoms with E-state index in [0.29, 0.717) is 12.2 Å². The molecule has 0 aromatic carbocycles. The summed E-state index contributed by atoms with van der Waals surface area (Å²) in [6, 6.07) is -2.91. The maximum atomic E-state index is 12.2. The van der Waals surface area contributed by atoms with Gasteiger partial charge in [0.25, 0.3) is 0 Å². The largest absolute Gasteiger partial charge is 0.480 e. The molecule has 12 heteroatoms. The van der Waals surface area contributed by atoms with Crippen LogP contribution in [0.4, 0.5) is 0 Å². The molecule has 0 bridgehead atoms. The van der Waals surface area contributed by atoms with Gasteiger partial charge >= 0.3 is 5.97 Å². The highest BCUT2D eigenvalue weighted by molar-refractivity contribution is 7.98. The Kier molecular flexibility index (Phi) is 12.6. The summed E-state index contributed by atoms with van der Waals surface area (Å²) in [4.78, 5) is 46.6. The van der Waals surface area contributed by atoms with Gasteiger partial charge in [-0.3, -0.25) is 14.4 Å². The first-order valence-corrected chi connectivity index (χ1v) is 9.99. The van der Waals surface area contributed by atoms with Crippen LogP contribution in [0.1, 0.15) is 6.42 Å². The van der Waals surface area contributed by atoms with Crippen molar-refractivity contribution in [3.05, 3.63) is 0 Å². The number of nitrogens with one attached hydrogen (secondary N) is 3. The van der Waals surface area contributed by atoms with Gasteiger partial charge in [0.05, 0.1) is 12.6 Å². The number of rotatable bonds is 12. The standard InChI is InChI=1S/C13H24N4O5S3/c1-25-3-2-8(12(20)17-9(6-24)13(21)22)16-10(18)4-15-11(19)7(14)5-23/h7-9,23-24H,2-6,14H2,1H3,(H,15,19)(H,16,18)(H,17,20)(H,21,22). The monoisotopic (exact) mass is 412 g/mol. The average molecular weight is 413 g/mol. The van der Waals surface area contributed by atoms with E-state index < -0.39 is 41.8 Å². The third-order valence-electron chi connectivity index (χ3n) is 3.02. The summed E-state index contributed by atoms with van der Waals surface area (Å²) in [6.45, 7) is -0.349. The molecule has 3 atom stereocenters. The first-order valence-electron chi connectivity index (χ1n) is 7.33. The van der Waals surface area contributed by atoms with Gasteiger partial charge < -0.3 is 26.8 Å². The van der Waals surface area contributed by atoms with Crippen molar-refractivity contribution >= 4 is 60.7 Å². The van der Waals surface area contributed by atoms with Crippen LogP contribution in [0.5, 0.6) is 0 Å². The molecule has 3 unspecified atom stereocenters. The highest BCUT2D eigenvalue weighted by Crippen LogP contribution is 2.02. The fourth-order valence-electron chi connectivity index (χ4n) is 1.59. The maximum Gasteiger partial charge on any atom is 0.327 e. The third kappa shape index (κ3) is 9.82. The minimum Gasteiger partial charge on any atom is -0.480 e. The normalized spacial score (nSPS) is 14.1. The lowest BCUT2D eigenvalue weighted by molar-refractivity contribution is -0.141. The molecule has 0 fully saturated rings. The summed E-state index contributed by atoms with van der Waals surface area (Å²) in [6.07, 6.45) is 2.14. The van der Waals surface area contributed by atoms with E-state index in [-0.39, 0.29) is 18.1 Å². The molecule has 0 aliphatic carbocycles. The van der Waals surface area contributed by atoms with Crippen molar-refractivity contribution in [2.75, 3.05) is 30.1 Å². The molecular weight excluding hydrogens is 388 g/mol. The first-order chi connectivity index (χ1) is 11.8. The summed E-state index contributed by atoms with van der Waals surface area (Å²) in [5.41, 5.74) is 5.47. The Bertz CT molecular complexity index is 481. The Morgan fingerprint density at radius 1 is 1.08 bits per heavy atom. The zero-order chi connectivity index (χ0) is 19.4. The van der Waals surface area contributed by atoms with Crippen molar-refractivity contribution in [2.24, 2.45) is 5.73 Å². The Labute approximate surface area is 161 Å². The maximum absolute atomic E-state index is 12.2. The highest BCUT2D eigenvalue weighted by Gasteiger charge is 2.25. The molecule has 144 valence electrons. The Morgan fingerprint density at radius 3 is 2.20 bits per heavy atom. The van der Waals surface area contributed by atoms with E-state index in [1.807, 2.05) is 6.26 Å². The second kappa shape index (κ2) is 13.1. The van der Waals surface area contributed by atoms with Gasteiger partial charge in [-0.15, -0.1) is 0 Å². The van der Waals surface area contributed by atoms with E-state index in [1.165, 1.54) is 11.8 Å². The number of amides is 3. The Morgan fingerprint density at radius 2 is 1.72 bits per heavy atom. The number of aliphatic carboxylic acids is 1. The van der Waals surface area contributed by atoms with Crippen LogP contribution in [0.15, 0.2) is 0 Å². The Hall–Kier alpha value is -1.11. The van der Waals surface area contributed by atoms with Crippen LogP contribution < -0.4 is 21.7 Å². The van der Waals surface area contributed by atoms with Gasteiger partial charge in [-0.05, 0) is 18.4 Å². The van der Waals surface area contributed by atoms with Gasteiger partial charge in [0.15, 0.2) is 0 Å². The van der Waals surface area contributed by atoms with Gasteiger partial charge in [0, 0.05) is 11.5 Å². The van der Waals surface area contributed by atoms with Crippen molar-refractivity contribution < 1.29 is 24.3 Å². The average Bonchev–Trinajstić information content (AvgIpc) is 2.59. The topological polar surface area (TPSA) is 151 Å². The molecule has 0 aliphatic heterocycles. The summed E-state index contributed by atoms with van der Waals surface area (Å²) in [7, 11) is 0. The molecular formula is C13H24N4O5S3. The highest BCUT2D eigenvalue weighted by atomic mass is 32.2. The SMILES string of the molecule is CSCCC(NC(=O)CNC(=O)C(N)CS)C(=O)NC(CS)C(=O)O. The molecule has 0 spiro atoms. The Balaban J connectivity index is 4.69. The van der Waals surface area contributed by atoms with Crippen molar-refractivity contribution in [2.45, 2.75) is 24.5 Å². The lowest BCUT2D eigenvalue weighted by Crippen LogP contribution is -2.54. The van der Waals surface area contributed by atoms with E-state index in [0.717, 1.165) is 0 Å². The van der Waals surface area contributed by atoms with Crippen LogP contribution in [0.3, 0.4) is 0 Å². The summed E-state index contributed by atoms with van der Waals surface area (Å²) in [5.74, 6) is -2.33. The van der Waals surface area contributed by atoms with E-state index in [9.17, 15) is 19.2 Å². The number of nitrogens with two attached hydrogens (primary N) is 1. The molecule has 0 rings (SSSR count). The van der Waals surface area contributed by atoms with Crippen LogP contribution in [0.25, 0.3) is 0 Å². The number of carboxylic acids is 1. The number of carbonyl (C=O) groups is 4. The number of hydrogen-bond donors (Lipinski definition) is 7. The van der Waals surface area contributed by atoms with Crippen molar-refractivity contribution in [1.29, 1.82) is 0 Å². The third-order valence-corrected chi connectivity index (χ3v) is 4.42. The second-order valence-electron chi connectivity index (χ2n) is 4.99. The fourth-order valence-corrected chi connectivity index (χ4v) is 2.47. The minimum absolute atomic E-state index is 0.0814. The minimum atomic E-state index is -1.22. The number of thioether (sulfide) groups is 1. The zero-order valence-electron chi connectivity index (χ0n) is 13.7. The van der Waals surface area contributed by atoms with Crippen LogP contribution in [0, 0.1) is 0 Å². The fraction of sp³-hybridized carbons (Fsp3) is 0.692. The molecule has 3 amide bonds. The van der Waals surface area contributed by atoms with Gasteiger partial charge in [-0.25, -0.2) is 4.79 Å². The predicted molar refractivity (Wildman–Crippen MR) is 103 cm³/mol. The van der Waals surface area contributed by atoms with Crippen LogP contribution in [-0.4, -0.2) is 77.0 Å². The van der Waals surface area contributed by atoms with E-state index in [4.69, 9.17) is 10.8 Å². The summed E-state index contributed by atoms with van der Waals surface area (Å²) >= 11 is 9.23. The zero-order valence-corrected chi connectivity index (χ0v) is 16.3. The number of carboxylic acid groups (broad SMARTS) is 1. The van der Waals surface area contributed by atoms with Crippen LogP contribution in [-0.2, 0) is 19.2 Å². The molecule has 0 radical (unpaired) electrons.